The number of aromatic nitrogens is 2. The molecule has 0 saturated heterocycles. The van der Waals surface area contributed by atoms with Crippen LogP contribution in [0.5, 0.6) is 0 Å². The van der Waals surface area contributed by atoms with Crippen LogP contribution in [0.3, 0.4) is 0 Å². The van der Waals surface area contributed by atoms with E-state index < -0.39 is 0 Å². The van der Waals surface area contributed by atoms with E-state index in [0.717, 1.165) is 12.0 Å². The predicted octanol–water partition coefficient (Wildman–Crippen LogP) is 1.59. The molecule has 0 aliphatic heterocycles. The molecule has 0 radical (unpaired) electrons. The van der Waals surface area contributed by atoms with E-state index in [0.29, 0.717) is 11.5 Å². The molecule has 0 aliphatic carbocycles. The molecule has 0 unspecified atom stereocenters. The van der Waals surface area contributed by atoms with E-state index in [-0.39, 0.29) is 0 Å². The van der Waals surface area contributed by atoms with Crippen LogP contribution in [-0.2, 0) is 0 Å². The van der Waals surface area contributed by atoms with Crippen molar-refractivity contribution < 1.29 is 9.32 Å². The first-order valence-corrected chi connectivity index (χ1v) is 3.87. The van der Waals surface area contributed by atoms with Crippen LogP contribution in [0.1, 0.15) is 16.2 Å². The maximum Gasteiger partial charge on any atom is 0.180 e. The molecule has 0 aliphatic rings. The second-order valence-electron chi connectivity index (χ2n) is 2.72. The van der Waals surface area contributed by atoms with E-state index >= 15 is 0 Å². The highest BCUT2D eigenvalue weighted by Gasteiger charge is 2.05. The summed E-state index contributed by atoms with van der Waals surface area (Å²) in [6.45, 7) is 1.81. The highest BCUT2D eigenvalue weighted by atomic mass is 16.5. The maximum absolute atomic E-state index is 10.6. The fourth-order valence-corrected chi connectivity index (χ4v) is 1.17. The van der Waals surface area contributed by atoms with Crippen LogP contribution in [0, 0.1) is 6.92 Å². The molecule has 4 nitrogen and oxygen atoms in total. The zero-order valence-electron chi connectivity index (χ0n) is 7.10. The molecule has 66 valence electrons. The van der Waals surface area contributed by atoms with E-state index in [2.05, 4.69) is 5.16 Å². The van der Waals surface area contributed by atoms with Crippen molar-refractivity contribution in [1.82, 2.24) is 9.72 Å². The SMILES string of the molecule is Cc1cc(-n2cccc2C=O)no1. The zero-order chi connectivity index (χ0) is 9.26. The first kappa shape index (κ1) is 7.79. The van der Waals surface area contributed by atoms with Gasteiger partial charge in [0, 0.05) is 12.3 Å². The van der Waals surface area contributed by atoms with Gasteiger partial charge in [0.05, 0.1) is 5.69 Å². The number of hydrogen-bond acceptors (Lipinski definition) is 3. The van der Waals surface area contributed by atoms with Gasteiger partial charge in [0.25, 0.3) is 0 Å². The van der Waals surface area contributed by atoms with E-state index in [4.69, 9.17) is 4.52 Å². The van der Waals surface area contributed by atoms with Gasteiger partial charge in [0.2, 0.25) is 0 Å². The van der Waals surface area contributed by atoms with Crippen molar-refractivity contribution in [3.05, 3.63) is 35.9 Å². The fourth-order valence-electron chi connectivity index (χ4n) is 1.17. The Labute approximate surface area is 74.8 Å². The fraction of sp³-hybridized carbons (Fsp3) is 0.111. The third kappa shape index (κ3) is 1.26. The molecule has 0 N–H and O–H groups in total. The Kier molecular flexibility index (Phi) is 1.73. The Balaban J connectivity index is 2.51. The number of hydrogen-bond donors (Lipinski definition) is 0. The molecular formula is C9H8N2O2. The monoisotopic (exact) mass is 176 g/mol. The third-order valence-electron chi connectivity index (χ3n) is 1.76. The molecule has 13 heavy (non-hydrogen) atoms. The van der Waals surface area contributed by atoms with Crippen molar-refractivity contribution in [3.8, 4) is 5.82 Å². The Bertz CT molecular complexity index is 428. The van der Waals surface area contributed by atoms with Crippen LogP contribution in [-0.4, -0.2) is 16.0 Å². The van der Waals surface area contributed by atoms with E-state index in [1.54, 1.807) is 35.9 Å². The van der Waals surface area contributed by atoms with Crippen molar-refractivity contribution in [2.24, 2.45) is 0 Å². The molecule has 2 aromatic heterocycles. The van der Waals surface area contributed by atoms with E-state index in [1.807, 2.05) is 0 Å². The lowest BCUT2D eigenvalue weighted by molar-refractivity contribution is 0.111. The first-order valence-electron chi connectivity index (χ1n) is 3.87. The second kappa shape index (κ2) is 2.90. The molecule has 0 aromatic carbocycles. The standard InChI is InChI=1S/C9H8N2O2/c1-7-5-9(10-13-7)11-4-2-3-8(11)6-12/h2-6H,1H3. The molecule has 0 amide bonds. The van der Waals surface area contributed by atoms with Gasteiger partial charge in [-0.05, 0) is 19.1 Å². The number of rotatable bonds is 2. The van der Waals surface area contributed by atoms with Crippen molar-refractivity contribution in [1.29, 1.82) is 0 Å². The Morgan fingerprint density at radius 3 is 3.08 bits per heavy atom. The summed E-state index contributed by atoms with van der Waals surface area (Å²) in [4.78, 5) is 10.6. The number of nitrogens with zero attached hydrogens (tertiary/aromatic N) is 2. The topological polar surface area (TPSA) is 48.0 Å². The van der Waals surface area contributed by atoms with Gasteiger partial charge < -0.3 is 4.52 Å². The number of aldehydes is 1. The van der Waals surface area contributed by atoms with Crippen LogP contribution >= 0.6 is 0 Å². The summed E-state index contributed by atoms with van der Waals surface area (Å²) in [6.07, 6.45) is 2.55. The normalized spacial score (nSPS) is 10.2. The quantitative estimate of drug-likeness (QED) is 0.653. The third-order valence-corrected chi connectivity index (χ3v) is 1.76. The molecule has 0 saturated carbocycles. The minimum atomic E-state index is 0.563. The Morgan fingerprint density at radius 2 is 2.46 bits per heavy atom. The van der Waals surface area contributed by atoms with Crippen LogP contribution in [0.25, 0.3) is 5.82 Å². The van der Waals surface area contributed by atoms with Crippen LogP contribution in [0.4, 0.5) is 0 Å². The predicted molar refractivity (Wildman–Crippen MR) is 46.0 cm³/mol. The largest absolute Gasteiger partial charge is 0.360 e. The lowest BCUT2D eigenvalue weighted by Gasteiger charge is -1.96. The molecule has 0 atom stereocenters. The van der Waals surface area contributed by atoms with Gasteiger partial charge in [0.1, 0.15) is 5.76 Å². The summed E-state index contributed by atoms with van der Waals surface area (Å²) in [7, 11) is 0. The molecule has 2 rings (SSSR count). The van der Waals surface area contributed by atoms with Gasteiger partial charge >= 0.3 is 0 Å². The van der Waals surface area contributed by atoms with Crippen molar-refractivity contribution >= 4 is 6.29 Å². The average molecular weight is 176 g/mol. The van der Waals surface area contributed by atoms with Gasteiger partial charge in [-0.1, -0.05) is 5.16 Å². The molecule has 0 spiro atoms. The summed E-state index contributed by atoms with van der Waals surface area (Å²) in [5.41, 5.74) is 0.563. The molecule has 2 heterocycles. The van der Waals surface area contributed by atoms with Crippen molar-refractivity contribution in [2.45, 2.75) is 6.92 Å². The summed E-state index contributed by atoms with van der Waals surface area (Å²) in [5, 5.41) is 3.80. The minimum absolute atomic E-state index is 0.563. The van der Waals surface area contributed by atoms with Gasteiger partial charge in [-0.2, -0.15) is 0 Å². The van der Waals surface area contributed by atoms with Gasteiger partial charge in [-0.15, -0.1) is 0 Å². The lowest BCUT2D eigenvalue weighted by atomic mass is 10.4. The maximum atomic E-state index is 10.6. The number of carbonyl (C=O) groups excluding carboxylic acids is 1. The van der Waals surface area contributed by atoms with Crippen LogP contribution < -0.4 is 0 Å². The number of aryl methyl sites for hydroxylation is 1. The molecule has 0 bridgehead atoms. The first-order chi connectivity index (χ1) is 6.31. The van der Waals surface area contributed by atoms with Gasteiger partial charge in [-0.25, -0.2) is 0 Å². The van der Waals surface area contributed by atoms with Gasteiger partial charge in [-0.3, -0.25) is 9.36 Å². The Morgan fingerprint density at radius 1 is 1.62 bits per heavy atom. The molecule has 0 fully saturated rings. The molecular weight excluding hydrogens is 168 g/mol. The van der Waals surface area contributed by atoms with E-state index in [9.17, 15) is 4.79 Å². The van der Waals surface area contributed by atoms with Crippen molar-refractivity contribution in [2.75, 3.05) is 0 Å². The Hall–Kier alpha value is -1.84. The summed E-state index contributed by atoms with van der Waals surface area (Å²) in [6, 6.07) is 5.28. The van der Waals surface area contributed by atoms with Crippen LogP contribution in [0.2, 0.25) is 0 Å². The lowest BCUT2D eigenvalue weighted by Crippen LogP contribution is -1.96. The smallest absolute Gasteiger partial charge is 0.180 e. The molecule has 2 aromatic rings. The minimum Gasteiger partial charge on any atom is -0.360 e. The highest BCUT2D eigenvalue weighted by molar-refractivity contribution is 5.73. The highest BCUT2D eigenvalue weighted by Crippen LogP contribution is 2.10. The molecule has 4 heteroatoms. The number of carbonyl (C=O) groups is 1. The van der Waals surface area contributed by atoms with Gasteiger partial charge in [0.15, 0.2) is 12.1 Å². The zero-order valence-corrected chi connectivity index (χ0v) is 7.10. The van der Waals surface area contributed by atoms with E-state index in [1.165, 1.54) is 0 Å². The summed E-state index contributed by atoms with van der Waals surface area (Å²) >= 11 is 0. The second-order valence-corrected chi connectivity index (χ2v) is 2.72. The summed E-state index contributed by atoms with van der Waals surface area (Å²) < 4.78 is 6.57. The van der Waals surface area contributed by atoms with Crippen LogP contribution in [0.15, 0.2) is 28.9 Å². The van der Waals surface area contributed by atoms with Crippen molar-refractivity contribution in [3.63, 3.8) is 0 Å². The summed E-state index contributed by atoms with van der Waals surface area (Å²) in [5.74, 6) is 1.35. The average Bonchev–Trinajstić information content (AvgIpc) is 2.71.